The Bertz CT molecular complexity index is 898. The van der Waals surface area contributed by atoms with Crippen LogP contribution in [0, 0.1) is 5.92 Å². The van der Waals surface area contributed by atoms with Gasteiger partial charge in [-0.25, -0.2) is 4.79 Å². The standard InChI is InChI=1S/C24H36N4O7S/c1-14(2)20(25)23(33)28-18(13-15-7-5-4-6-8-15)22(32)26-16(9-10-19(29)30)21(31)27-17(24(34)35)11-12-36-3/h4-8,14,16-18,20H,9-13,25H2,1-3H3,(H,26,32)(H,27,31)(H,28,33)(H,29,30)(H,34,35). The molecular weight excluding hydrogens is 488 g/mol. The van der Waals surface area contributed by atoms with E-state index in [1.54, 1.807) is 50.4 Å². The minimum absolute atomic E-state index is 0.0992. The third-order valence-electron chi connectivity index (χ3n) is 5.44. The molecule has 7 N–H and O–H groups in total. The van der Waals surface area contributed by atoms with Gasteiger partial charge >= 0.3 is 11.9 Å². The van der Waals surface area contributed by atoms with Crippen LogP contribution in [0.25, 0.3) is 0 Å². The summed E-state index contributed by atoms with van der Waals surface area (Å²) in [6.45, 7) is 3.53. The third-order valence-corrected chi connectivity index (χ3v) is 6.09. The number of rotatable bonds is 16. The molecule has 0 spiro atoms. The number of thioether (sulfide) groups is 1. The zero-order valence-corrected chi connectivity index (χ0v) is 21.5. The molecule has 0 saturated heterocycles. The van der Waals surface area contributed by atoms with E-state index in [-0.39, 0.29) is 25.2 Å². The zero-order valence-electron chi connectivity index (χ0n) is 20.7. The highest BCUT2D eigenvalue weighted by Gasteiger charge is 2.31. The molecule has 200 valence electrons. The smallest absolute Gasteiger partial charge is 0.326 e. The fraction of sp³-hybridized carbons (Fsp3) is 0.542. The monoisotopic (exact) mass is 524 g/mol. The van der Waals surface area contributed by atoms with Crippen molar-refractivity contribution in [1.82, 2.24) is 16.0 Å². The van der Waals surface area contributed by atoms with Crippen LogP contribution >= 0.6 is 11.8 Å². The summed E-state index contributed by atoms with van der Waals surface area (Å²) >= 11 is 1.41. The molecule has 0 heterocycles. The maximum absolute atomic E-state index is 13.2. The molecule has 0 saturated carbocycles. The minimum atomic E-state index is -1.32. The molecule has 0 fully saturated rings. The predicted octanol–water partition coefficient (Wildman–Crippen LogP) is 0.369. The lowest BCUT2D eigenvalue weighted by atomic mass is 10.0. The van der Waals surface area contributed by atoms with Gasteiger partial charge in [-0.3, -0.25) is 19.2 Å². The van der Waals surface area contributed by atoms with Gasteiger partial charge in [0.05, 0.1) is 6.04 Å². The molecule has 36 heavy (non-hydrogen) atoms. The second-order valence-electron chi connectivity index (χ2n) is 8.70. The van der Waals surface area contributed by atoms with E-state index < -0.39 is 60.2 Å². The predicted molar refractivity (Wildman–Crippen MR) is 136 cm³/mol. The highest BCUT2D eigenvalue weighted by atomic mass is 32.2. The molecule has 0 aliphatic carbocycles. The van der Waals surface area contributed by atoms with Crippen LogP contribution in [0.5, 0.6) is 0 Å². The molecule has 1 aromatic rings. The van der Waals surface area contributed by atoms with Crippen molar-refractivity contribution in [3.8, 4) is 0 Å². The first-order valence-electron chi connectivity index (χ1n) is 11.6. The number of carboxylic acids is 2. The molecule has 0 bridgehead atoms. The van der Waals surface area contributed by atoms with Crippen molar-refractivity contribution in [3.63, 3.8) is 0 Å². The van der Waals surface area contributed by atoms with Gasteiger partial charge < -0.3 is 31.9 Å². The molecule has 1 aromatic carbocycles. The summed E-state index contributed by atoms with van der Waals surface area (Å²) in [5.41, 5.74) is 6.67. The molecule has 0 aliphatic rings. The fourth-order valence-corrected chi connectivity index (χ4v) is 3.68. The summed E-state index contributed by atoms with van der Waals surface area (Å²) in [7, 11) is 0. The van der Waals surface area contributed by atoms with Crippen molar-refractivity contribution in [1.29, 1.82) is 0 Å². The second kappa shape index (κ2) is 15.8. The van der Waals surface area contributed by atoms with Gasteiger partial charge in [-0.1, -0.05) is 44.2 Å². The van der Waals surface area contributed by atoms with Gasteiger partial charge in [-0.15, -0.1) is 0 Å². The lowest BCUT2D eigenvalue weighted by Crippen LogP contribution is -2.58. The molecule has 0 aliphatic heterocycles. The molecule has 11 nitrogen and oxygen atoms in total. The van der Waals surface area contributed by atoms with Gasteiger partial charge in [-0.05, 0) is 36.3 Å². The van der Waals surface area contributed by atoms with Gasteiger partial charge in [0.2, 0.25) is 17.7 Å². The van der Waals surface area contributed by atoms with Crippen molar-refractivity contribution in [2.24, 2.45) is 11.7 Å². The zero-order chi connectivity index (χ0) is 27.3. The average Bonchev–Trinajstić information content (AvgIpc) is 2.83. The van der Waals surface area contributed by atoms with Crippen LogP contribution in [0.15, 0.2) is 30.3 Å². The maximum Gasteiger partial charge on any atom is 0.326 e. The van der Waals surface area contributed by atoms with E-state index in [2.05, 4.69) is 16.0 Å². The highest BCUT2D eigenvalue weighted by molar-refractivity contribution is 7.98. The Kier molecular flexibility index (Phi) is 13.6. The van der Waals surface area contributed by atoms with Crippen LogP contribution in [0.4, 0.5) is 0 Å². The number of hydrogen-bond acceptors (Lipinski definition) is 7. The third kappa shape index (κ3) is 11.1. The Labute approximate surface area is 215 Å². The minimum Gasteiger partial charge on any atom is -0.481 e. The molecule has 4 atom stereocenters. The van der Waals surface area contributed by atoms with Crippen LogP contribution < -0.4 is 21.7 Å². The van der Waals surface area contributed by atoms with Crippen molar-refractivity contribution in [3.05, 3.63) is 35.9 Å². The van der Waals surface area contributed by atoms with E-state index in [9.17, 15) is 29.1 Å². The van der Waals surface area contributed by atoms with Crippen molar-refractivity contribution in [2.45, 2.75) is 63.7 Å². The first kappa shape index (κ1) is 30.9. The molecule has 0 radical (unpaired) electrons. The number of aliphatic carboxylic acids is 2. The van der Waals surface area contributed by atoms with Gasteiger partial charge in [0.15, 0.2) is 0 Å². The van der Waals surface area contributed by atoms with Crippen LogP contribution in [0.1, 0.15) is 38.7 Å². The fourth-order valence-electron chi connectivity index (χ4n) is 3.20. The Morgan fingerprint density at radius 1 is 0.861 bits per heavy atom. The molecule has 1 rings (SSSR count). The van der Waals surface area contributed by atoms with E-state index in [0.717, 1.165) is 5.56 Å². The number of carbonyl (C=O) groups excluding carboxylic acids is 3. The lowest BCUT2D eigenvalue weighted by molar-refractivity contribution is -0.143. The van der Waals surface area contributed by atoms with Gasteiger partial charge in [-0.2, -0.15) is 11.8 Å². The van der Waals surface area contributed by atoms with Crippen molar-refractivity contribution in [2.75, 3.05) is 12.0 Å². The molecule has 4 unspecified atom stereocenters. The topological polar surface area (TPSA) is 188 Å². The first-order chi connectivity index (χ1) is 17.0. The Morgan fingerprint density at radius 2 is 1.42 bits per heavy atom. The molecule has 12 heteroatoms. The number of benzene rings is 1. The van der Waals surface area contributed by atoms with E-state index in [4.69, 9.17) is 10.8 Å². The van der Waals surface area contributed by atoms with E-state index >= 15 is 0 Å². The summed E-state index contributed by atoms with van der Waals surface area (Å²) in [6, 6.07) is 4.40. The average molecular weight is 525 g/mol. The van der Waals surface area contributed by atoms with Gasteiger partial charge in [0, 0.05) is 12.8 Å². The van der Waals surface area contributed by atoms with Crippen molar-refractivity contribution < 1.29 is 34.2 Å². The number of nitrogens with one attached hydrogen (secondary N) is 3. The van der Waals surface area contributed by atoms with Crippen molar-refractivity contribution >= 4 is 41.4 Å². The summed E-state index contributed by atoms with van der Waals surface area (Å²) < 4.78 is 0. The van der Waals surface area contributed by atoms with Gasteiger partial charge in [0.25, 0.3) is 0 Å². The molecular formula is C24H36N4O7S. The largest absolute Gasteiger partial charge is 0.481 e. The number of carbonyl (C=O) groups is 5. The van der Waals surface area contributed by atoms with E-state index in [0.29, 0.717) is 5.75 Å². The van der Waals surface area contributed by atoms with Gasteiger partial charge in [0.1, 0.15) is 18.1 Å². The number of carboxylic acid groups (broad SMARTS) is 2. The SMILES string of the molecule is CSCCC(NC(=O)C(CCC(=O)O)NC(=O)C(Cc1ccccc1)NC(=O)C(N)C(C)C)C(=O)O. The number of amides is 3. The van der Waals surface area contributed by atoms with Crippen LogP contribution in [-0.4, -0.2) is 76.0 Å². The second-order valence-corrected chi connectivity index (χ2v) is 9.68. The van der Waals surface area contributed by atoms with E-state index in [1.165, 1.54) is 11.8 Å². The number of nitrogens with two attached hydrogens (primary N) is 1. The summed E-state index contributed by atoms with van der Waals surface area (Å²) in [5, 5.41) is 26.0. The maximum atomic E-state index is 13.2. The quantitative estimate of drug-likeness (QED) is 0.177. The van der Waals surface area contributed by atoms with Crippen LogP contribution in [0.3, 0.4) is 0 Å². The lowest BCUT2D eigenvalue weighted by Gasteiger charge is -2.25. The summed E-state index contributed by atoms with van der Waals surface area (Å²) in [5.74, 6) is -4.21. The highest BCUT2D eigenvalue weighted by Crippen LogP contribution is 2.08. The molecule has 3 amide bonds. The normalized spacial score (nSPS) is 14.2. The summed E-state index contributed by atoms with van der Waals surface area (Å²) in [4.78, 5) is 61.4. The first-order valence-corrected chi connectivity index (χ1v) is 13.0. The number of hydrogen-bond donors (Lipinski definition) is 6. The van der Waals surface area contributed by atoms with Crippen LogP contribution in [0.2, 0.25) is 0 Å². The Balaban J connectivity index is 3.11. The van der Waals surface area contributed by atoms with Crippen LogP contribution in [-0.2, 0) is 30.4 Å². The Morgan fingerprint density at radius 3 is 1.94 bits per heavy atom. The Hall–Kier alpha value is -3.12. The van der Waals surface area contributed by atoms with E-state index in [1.807, 2.05) is 0 Å². The molecule has 0 aromatic heterocycles. The summed E-state index contributed by atoms with van der Waals surface area (Å²) in [6.07, 6.45) is 1.35.